The number of benzene rings is 1. The minimum atomic E-state index is 0.625. The van der Waals surface area contributed by atoms with Gasteiger partial charge in [-0.2, -0.15) is 5.26 Å². The Morgan fingerprint density at radius 2 is 2.38 bits per heavy atom. The van der Waals surface area contributed by atoms with Crippen LogP contribution in [0.15, 0.2) is 18.2 Å². The van der Waals surface area contributed by atoms with Crippen molar-refractivity contribution in [3.8, 4) is 6.07 Å². The topological polar surface area (TPSA) is 27.0 Å². The Bertz CT molecular complexity index is 422. The largest absolute Gasteiger partial charge is 0.370 e. The van der Waals surface area contributed by atoms with Crippen molar-refractivity contribution in [2.45, 2.75) is 19.8 Å². The lowest BCUT2D eigenvalue weighted by Crippen LogP contribution is -2.19. The molecule has 0 radical (unpaired) electrons. The van der Waals surface area contributed by atoms with E-state index in [-0.39, 0.29) is 0 Å². The smallest absolute Gasteiger partial charge is 0.0992 e. The number of nitrogens with zero attached hydrogens (tertiary/aromatic N) is 2. The second-order valence-electron chi connectivity index (χ2n) is 4.29. The van der Waals surface area contributed by atoms with Gasteiger partial charge in [0.15, 0.2) is 0 Å². The van der Waals surface area contributed by atoms with E-state index in [2.05, 4.69) is 17.9 Å². The van der Waals surface area contributed by atoms with Gasteiger partial charge in [-0.05, 0) is 30.5 Å². The van der Waals surface area contributed by atoms with Crippen LogP contribution in [-0.4, -0.2) is 13.1 Å². The zero-order valence-corrected chi connectivity index (χ0v) is 10.2. The summed E-state index contributed by atoms with van der Waals surface area (Å²) in [4.78, 5) is 2.32. The minimum absolute atomic E-state index is 0.625. The molecule has 1 fully saturated rings. The predicted molar refractivity (Wildman–Crippen MR) is 66.8 cm³/mol. The van der Waals surface area contributed by atoms with Crippen LogP contribution in [0.4, 0.5) is 5.69 Å². The fourth-order valence-corrected chi connectivity index (χ4v) is 2.52. The molecule has 1 heterocycles. The zero-order chi connectivity index (χ0) is 11.5. The van der Waals surface area contributed by atoms with Gasteiger partial charge in [0.2, 0.25) is 0 Å². The first-order valence-corrected chi connectivity index (χ1v) is 6.07. The second-order valence-corrected chi connectivity index (χ2v) is 4.69. The summed E-state index contributed by atoms with van der Waals surface area (Å²) < 4.78 is 0. The van der Waals surface area contributed by atoms with Crippen molar-refractivity contribution >= 4 is 17.3 Å². The molecule has 1 atom stereocenters. The van der Waals surface area contributed by atoms with Crippen LogP contribution < -0.4 is 4.90 Å². The molecule has 1 aromatic carbocycles. The molecule has 0 N–H and O–H groups in total. The lowest BCUT2D eigenvalue weighted by Gasteiger charge is -2.19. The van der Waals surface area contributed by atoms with Crippen molar-refractivity contribution in [1.82, 2.24) is 0 Å². The first-order chi connectivity index (χ1) is 7.74. The fourth-order valence-electron chi connectivity index (χ4n) is 2.22. The van der Waals surface area contributed by atoms with E-state index in [1.807, 2.05) is 12.1 Å². The maximum Gasteiger partial charge on any atom is 0.0992 e. The maximum absolute atomic E-state index is 8.78. The molecule has 0 spiro atoms. The highest BCUT2D eigenvalue weighted by Crippen LogP contribution is 2.31. The van der Waals surface area contributed by atoms with Crippen molar-refractivity contribution in [3.63, 3.8) is 0 Å². The Balaban J connectivity index is 2.19. The lowest BCUT2D eigenvalue weighted by atomic mass is 10.1. The van der Waals surface area contributed by atoms with Gasteiger partial charge in [0.05, 0.1) is 22.3 Å². The molecule has 1 aromatic rings. The molecule has 0 aliphatic carbocycles. The van der Waals surface area contributed by atoms with Gasteiger partial charge >= 0.3 is 0 Å². The Hall–Kier alpha value is -1.20. The summed E-state index contributed by atoms with van der Waals surface area (Å²) in [5.41, 5.74) is 1.69. The van der Waals surface area contributed by atoms with Crippen LogP contribution >= 0.6 is 11.6 Å². The summed E-state index contributed by atoms with van der Waals surface area (Å²) in [7, 11) is 0. The molecule has 0 saturated carbocycles. The number of hydrogen-bond donors (Lipinski definition) is 0. The highest BCUT2D eigenvalue weighted by atomic mass is 35.5. The highest BCUT2D eigenvalue weighted by Gasteiger charge is 2.22. The quantitative estimate of drug-likeness (QED) is 0.784. The van der Waals surface area contributed by atoms with Gasteiger partial charge in [-0.1, -0.05) is 24.9 Å². The molecule has 2 nitrogen and oxygen atoms in total. The molecule has 3 heteroatoms. The van der Waals surface area contributed by atoms with Gasteiger partial charge in [0.25, 0.3) is 0 Å². The third-order valence-electron chi connectivity index (χ3n) is 3.28. The molecule has 0 amide bonds. The minimum Gasteiger partial charge on any atom is -0.370 e. The first-order valence-electron chi connectivity index (χ1n) is 5.69. The number of halogens is 1. The number of hydrogen-bond acceptors (Lipinski definition) is 2. The zero-order valence-electron chi connectivity index (χ0n) is 9.41. The SMILES string of the molecule is CCC1CCN(c2ccc(C#N)cc2Cl)C1. The van der Waals surface area contributed by atoms with E-state index in [0.717, 1.165) is 24.7 Å². The van der Waals surface area contributed by atoms with E-state index in [4.69, 9.17) is 16.9 Å². The van der Waals surface area contributed by atoms with Crippen LogP contribution in [-0.2, 0) is 0 Å². The summed E-state index contributed by atoms with van der Waals surface area (Å²) in [5, 5.41) is 9.47. The molecular formula is C13H15ClN2. The van der Waals surface area contributed by atoms with Crippen molar-refractivity contribution < 1.29 is 0 Å². The van der Waals surface area contributed by atoms with E-state index < -0.39 is 0 Å². The molecule has 16 heavy (non-hydrogen) atoms. The molecule has 84 valence electrons. The average Bonchev–Trinajstić information content (AvgIpc) is 2.77. The van der Waals surface area contributed by atoms with Gasteiger partial charge in [0, 0.05) is 13.1 Å². The van der Waals surface area contributed by atoms with Gasteiger partial charge < -0.3 is 4.90 Å². The van der Waals surface area contributed by atoms with Gasteiger partial charge in [-0.15, -0.1) is 0 Å². The van der Waals surface area contributed by atoms with E-state index in [1.165, 1.54) is 12.8 Å². The molecule has 1 saturated heterocycles. The summed E-state index contributed by atoms with van der Waals surface area (Å²) in [5.74, 6) is 0.784. The number of anilines is 1. The number of rotatable bonds is 2. The van der Waals surface area contributed by atoms with E-state index in [0.29, 0.717) is 10.6 Å². The van der Waals surface area contributed by atoms with E-state index >= 15 is 0 Å². The molecule has 1 unspecified atom stereocenters. The molecule has 1 aliphatic rings. The van der Waals surface area contributed by atoms with Crippen molar-refractivity contribution in [1.29, 1.82) is 5.26 Å². The summed E-state index contributed by atoms with van der Waals surface area (Å²) in [6.07, 6.45) is 2.47. The van der Waals surface area contributed by atoms with E-state index in [9.17, 15) is 0 Å². The van der Waals surface area contributed by atoms with Crippen LogP contribution in [0.3, 0.4) is 0 Å². The monoisotopic (exact) mass is 234 g/mol. The molecule has 0 aromatic heterocycles. The Labute approximate surface area is 101 Å². The van der Waals surface area contributed by atoms with Crippen molar-refractivity contribution in [2.24, 2.45) is 5.92 Å². The number of nitriles is 1. The highest BCUT2D eigenvalue weighted by molar-refractivity contribution is 6.33. The fraction of sp³-hybridized carbons (Fsp3) is 0.462. The van der Waals surface area contributed by atoms with Gasteiger partial charge in [-0.25, -0.2) is 0 Å². The lowest BCUT2D eigenvalue weighted by molar-refractivity contribution is 0.569. The third kappa shape index (κ3) is 2.15. The Morgan fingerprint density at radius 3 is 2.94 bits per heavy atom. The Kier molecular flexibility index (Phi) is 3.36. The van der Waals surface area contributed by atoms with Gasteiger partial charge in [0.1, 0.15) is 0 Å². The molecule has 0 bridgehead atoms. The second kappa shape index (κ2) is 4.76. The summed E-state index contributed by atoms with van der Waals surface area (Å²) >= 11 is 6.19. The summed E-state index contributed by atoms with van der Waals surface area (Å²) in [6, 6.07) is 7.64. The predicted octanol–water partition coefficient (Wildman–Crippen LogP) is 3.45. The van der Waals surface area contributed by atoms with E-state index in [1.54, 1.807) is 6.07 Å². The normalized spacial score (nSPS) is 19.8. The average molecular weight is 235 g/mol. The van der Waals surface area contributed by atoms with Crippen LogP contribution in [0, 0.1) is 17.2 Å². The van der Waals surface area contributed by atoms with Crippen molar-refractivity contribution in [2.75, 3.05) is 18.0 Å². The van der Waals surface area contributed by atoms with Gasteiger partial charge in [-0.3, -0.25) is 0 Å². The third-order valence-corrected chi connectivity index (χ3v) is 3.58. The van der Waals surface area contributed by atoms with Crippen LogP contribution in [0.5, 0.6) is 0 Å². The van der Waals surface area contributed by atoms with Crippen LogP contribution in [0.1, 0.15) is 25.3 Å². The maximum atomic E-state index is 8.78. The summed E-state index contributed by atoms with van der Waals surface area (Å²) in [6.45, 7) is 4.39. The molecule has 1 aliphatic heterocycles. The Morgan fingerprint density at radius 1 is 1.56 bits per heavy atom. The van der Waals surface area contributed by atoms with Crippen LogP contribution in [0.2, 0.25) is 5.02 Å². The van der Waals surface area contributed by atoms with Crippen molar-refractivity contribution in [3.05, 3.63) is 28.8 Å². The standard InChI is InChI=1S/C13H15ClN2/c1-2-10-5-6-16(9-10)13-4-3-11(8-15)7-12(13)14/h3-4,7,10H,2,5-6,9H2,1H3. The molecule has 2 rings (SSSR count). The van der Waals surface area contributed by atoms with Crippen LogP contribution in [0.25, 0.3) is 0 Å². The molecular weight excluding hydrogens is 220 g/mol. The first kappa shape index (κ1) is 11.3.